The molecule has 1 heterocycles. The summed E-state index contributed by atoms with van der Waals surface area (Å²) in [5.74, 6) is 4.74. The number of ketones is 1. The van der Waals surface area contributed by atoms with Crippen molar-refractivity contribution in [3.05, 3.63) is 119 Å². The standard InChI is InChI=1S/C30H34N2O3P/c1-3-32(4-2,22-28(33)25-14-8-5-9-15-25)21-20-31-36(34)23-29(26-16-10-6-11-17-26)35-30(24-36)27-18-12-7-13-19-27/h5-19,23-24H,3-4,20-22H2,1-2H3,(H,31,34)/q+1. The number of hydrogen-bond acceptors (Lipinski definition) is 3. The van der Waals surface area contributed by atoms with Gasteiger partial charge >= 0.3 is 0 Å². The molecule has 186 valence electrons. The summed E-state index contributed by atoms with van der Waals surface area (Å²) in [5.41, 5.74) is 2.49. The lowest BCUT2D eigenvalue weighted by Crippen LogP contribution is -2.53. The molecule has 3 aromatic carbocycles. The highest BCUT2D eigenvalue weighted by atomic mass is 31.2. The minimum absolute atomic E-state index is 0.134. The molecule has 0 saturated heterocycles. The normalized spacial score (nSPS) is 14.9. The van der Waals surface area contributed by atoms with Crippen LogP contribution >= 0.6 is 7.29 Å². The maximum absolute atomic E-state index is 14.1. The Morgan fingerprint density at radius 1 is 0.778 bits per heavy atom. The molecule has 0 aliphatic carbocycles. The Hall–Kier alpha value is -3.24. The molecule has 0 fully saturated rings. The average Bonchev–Trinajstić information content (AvgIpc) is 2.93. The van der Waals surface area contributed by atoms with Gasteiger partial charge < -0.3 is 9.22 Å². The van der Waals surface area contributed by atoms with Gasteiger partial charge in [-0.1, -0.05) is 91.0 Å². The lowest BCUT2D eigenvalue weighted by Gasteiger charge is -2.36. The van der Waals surface area contributed by atoms with Gasteiger partial charge in [0.1, 0.15) is 18.1 Å². The zero-order valence-electron chi connectivity index (χ0n) is 21.0. The molecule has 0 aromatic heterocycles. The van der Waals surface area contributed by atoms with Crippen molar-refractivity contribution in [1.29, 1.82) is 0 Å². The van der Waals surface area contributed by atoms with Crippen molar-refractivity contribution in [1.82, 2.24) is 5.09 Å². The van der Waals surface area contributed by atoms with Crippen LogP contribution in [0.3, 0.4) is 0 Å². The first-order chi connectivity index (χ1) is 17.5. The Balaban J connectivity index is 1.54. The van der Waals surface area contributed by atoms with Gasteiger partial charge in [-0.05, 0) is 13.8 Å². The largest absolute Gasteiger partial charge is 0.456 e. The molecule has 0 spiro atoms. The van der Waals surface area contributed by atoms with Gasteiger partial charge in [0.05, 0.1) is 26.2 Å². The highest BCUT2D eigenvalue weighted by Gasteiger charge is 2.30. The summed E-state index contributed by atoms with van der Waals surface area (Å²) in [6.07, 6.45) is 0. The van der Waals surface area contributed by atoms with Gasteiger partial charge in [-0.15, -0.1) is 0 Å². The van der Waals surface area contributed by atoms with Gasteiger partial charge in [-0.25, -0.2) is 0 Å². The van der Waals surface area contributed by atoms with E-state index in [0.717, 1.165) is 29.8 Å². The Kier molecular flexibility index (Phi) is 8.37. The maximum atomic E-state index is 14.1. The average molecular weight is 502 g/mol. The highest BCUT2D eigenvalue weighted by molar-refractivity contribution is 7.68. The third-order valence-corrected chi connectivity index (χ3v) is 8.77. The van der Waals surface area contributed by atoms with E-state index in [-0.39, 0.29) is 5.78 Å². The number of nitrogens with one attached hydrogen (secondary N) is 1. The van der Waals surface area contributed by atoms with E-state index in [1.807, 2.05) is 91.0 Å². The molecule has 0 amide bonds. The second-order valence-corrected chi connectivity index (χ2v) is 11.3. The molecular weight excluding hydrogens is 467 g/mol. The van der Waals surface area contributed by atoms with E-state index in [0.29, 0.717) is 35.6 Å². The van der Waals surface area contributed by atoms with Crippen LogP contribution in [0.1, 0.15) is 35.3 Å². The minimum Gasteiger partial charge on any atom is -0.456 e. The lowest BCUT2D eigenvalue weighted by molar-refractivity contribution is -0.915. The number of carbonyl (C=O) groups excluding carboxylic acids is 1. The van der Waals surface area contributed by atoms with Crippen LogP contribution in [0, 0.1) is 0 Å². The monoisotopic (exact) mass is 501 g/mol. The number of Topliss-reactive ketones (excluding diaryl/α,β-unsaturated/α-hetero) is 1. The van der Waals surface area contributed by atoms with Crippen molar-refractivity contribution < 1.29 is 18.6 Å². The summed E-state index contributed by atoms with van der Waals surface area (Å²) in [5, 5.41) is 3.33. The number of nitrogens with zero attached hydrogens (tertiary/aromatic N) is 1. The van der Waals surface area contributed by atoms with E-state index in [1.165, 1.54) is 0 Å². The Morgan fingerprint density at radius 2 is 1.25 bits per heavy atom. The summed E-state index contributed by atoms with van der Waals surface area (Å²) in [4.78, 5) is 13.0. The molecule has 0 radical (unpaired) electrons. The van der Waals surface area contributed by atoms with Crippen molar-refractivity contribution in [2.24, 2.45) is 0 Å². The zero-order chi connectivity index (χ0) is 25.4. The summed E-state index contributed by atoms with van der Waals surface area (Å²) in [7, 11) is -3.05. The molecule has 1 aliphatic heterocycles. The summed E-state index contributed by atoms with van der Waals surface area (Å²) in [6.45, 7) is 7.49. The second-order valence-electron chi connectivity index (χ2n) is 9.08. The smallest absolute Gasteiger partial charge is 0.216 e. The van der Waals surface area contributed by atoms with Crippen LogP contribution in [0.25, 0.3) is 11.5 Å². The quantitative estimate of drug-likeness (QED) is 0.182. The number of carbonyl (C=O) groups is 1. The molecule has 3 aromatic rings. The van der Waals surface area contributed by atoms with Gasteiger partial charge in [0.2, 0.25) is 5.78 Å². The number of ether oxygens (including phenoxy) is 1. The first kappa shape index (κ1) is 25.8. The van der Waals surface area contributed by atoms with Gasteiger partial charge in [-0.3, -0.25) is 14.4 Å². The molecule has 0 atom stereocenters. The fraction of sp³-hybridized carbons (Fsp3) is 0.233. The molecular formula is C30H34N2O3P+. The van der Waals surface area contributed by atoms with Gasteiger partial charge in [0.15, 0.2) is 7.29 Å². The van der Waals surface area contributed by atoms with Gasteiger partial charge in [0, 0.05) is 28.3 Å². The third-order valence-electron chi connectivity index (χ3n) is 6.82. The van der Waals surface area contributed by atoms with Crippen LogP contribution in [0.2, 0.25) is 0 Å². The Labute approximate surface area is 214 Å². The molecule has 0 bridgehead atoms. The molecule has 1 aliphatic rings. The Morgan fingerprint density at radius 3 is 1.72 bits per heavy atom. The number of quaternary nitrogens is 1. The fourth-order valence-electron chi connectivity index (χ4n) is 4.44. The minimum atomic E-state index is -3.05. The summed E-state index contributed by atoms with van der Waals surface area (Å²) < 4.78 is 20.9. The first-order valence-electron chi connectivity index (χ1n) is 12.5. The number of rotatable bonds is 11. The first-order valence-corrected chi connectivity index (χ1v) is 14.3. The van der Waals surface area contributed by atoms with Crippen molar-refractivity contribution in [2.45, 2.75) is 13.8 Å². The van der Waals surface area contributed by atoms with Crippen molar-refractivity contribution in [3.8, 4) is 0 Å². The second kappa shape index (κ2) is 11.7. The maximum Gasteiger partial charge on any atom is 0.216 e. The third kappa shape index (κ3) is 6.30. The Bertz CT molecular complexity index is 1210. The fourth-order valence-corrected chi connectivity index (χ4v) is 6.25. The molecule has 6 heteroatoms. The van der Waals surface area contributed by atoms with E-state index in [9.17, 15) is 9.36 Å². The van der Waals surface area contributed by atoms with Crippen LogP contribution in [0.5, 0.6) is 0 Å². The molecule has 36 heavy (non-hydrogen) atoms. The number of hydrogen-bond donors (Lipinski definition) is 1. The van der Waals surface area contributed by atoms with E-state index in [4.69, 9.17) is 4.74 Å². The summed E-state index contributed by atoms with van der Waals surface area (Å²) >= 11 is 0. The highest BCUT2D eigenvalue weighted by Crippen LogP contribution is 2.53. The topological polar surface area (TPSA) is 55.4 Å². The van der Waals surface area contributed by atoms with Crippen LogP contribution in [-0.2, 0) is 9.30 Å². The summed E-state index contributed by atoms with van der Waals surface area (Å²) in [6, 6.07) is 28.9. The number of benzene rings is 3. The van der Waals surface area contributed by atoms with Crippen LogP contribution in [-0.4, -0.2) is 43.0 Å². The molecule has 1 N–H and O–H groups in total. The predicted octanol–water partition coefficient (Wildman–Crippen LogP) is 6.62. The van der Waals surface area contributed by atoms with Crippen molar-refractivity contribution >= 4 is 24.6 Å². The van der Waals surface area contributed by atoms with E-state index in [1.54, 1.807) is 11.6 Å². The molecule has 5 nitrogen and oxygen atoms in total. The van der Waals surface area contributed by atoms with Crippen molar-refractivity contribution in [3.63, 3.8) is 0 Å². The van der Waals surface area contributed by atoms with E-state index >= 15 is 0 Å². The lowest BCUT2D eigenvalue weighted by atomic mass is 10.1. The predicted molar refractivity (Wildman–Crippen MR) is 147 cm³/mol. The van der Waals surface area contributed by atoms with Crippen LogP contribution in [0.4, 0.5) is 0 Å². The zero-order valence-corrected chi connectivity index (χ0v) is 21.9. The number of likely N-dealkylation sites (N-methyl/N-ethyl adjacent to an activating group) is 1. The van der Waals surface area contributed by atoms with Crippen molar-refractivity contribution in [2.75, 3.05) is 32.7 Å². The molecule has 4 rings (SSSR count). The van der Waals surface area contributed by atoms with E-state index in [2.05, 4.69) is 18.9 Å². The van der Waals surface area contributed by atoms with Gasteiger partial charge in [-0.2, -0.15) is 0 Å². The van der Waals surface area contributed by atoms with Crippen LogP contribution < -0.4 is 5.09 Å². The van der Waals surface area contributed by atoms with Gasteiger partial charge in [0.25, 0.3) is 0 Å². The SMILES string of the molecule is CC[N+](CC)(CCNP1(=O)C=C(c2ccccc2)OC(c2ccccc2)=C1)CC(=O)c1ccccc1. The molecule has 0 saturated carbocycles. The van der Waals surface area contributed by atoms with E-state index < -0.39 is 7.29 Å². The van der Waals surface area contributed by atoms with Crippen LogP contribution in [0.15, 0.2) is 103 Å². The molecule has 0 unspecified atom stereocenters.